The first-order valence-corrected chi connectivity index (χ1v) is 20.7. The summed E-state index contributed by atoms with van der Waals surface area (Å²) < 4.78 is 13.8. The molecule has 1 N–H and O–H groups in total. The number of nitrogens with zero attached hydrogens (tertiary/aromatic N) is 7. The molecule has 58 heavy (non-hydrogen) atoms. The lowest BCUT2D eigenvalue weighted by molar-refractivity contribution is -0.136. The fourth-order valence-corrected chi connectivity index (χ4v) is 9.52. The average molecular weight is 789 g/mol. The van der Waals surface area contributed by atoms with Crippen LogP contribution >= 0.6 is 0 Å². The molecule has 0 bridgehead atoms. The average Bonchev–Trinajstić information content (AvgIpc) is 3.55. The number of rotatable bonds is 10. The molecule has 4 saturated heterocycles. The Kier molecular flexibility index (Phi) is 10.3. The van der Waals surface area contributed by atoms with Crippen LogP contribution in [-0.2, 0) is 29.2 Å². The van der Waals surface area contributed by atoms with E-state index in [1.807, 2.05) is 25.3 Å². The number of pyridine rings is 2. The lowest BCUT2D eigenvalue weighted by atomic mass is 9.97. The quantitative estimate of drug-likeness (QED) is 0.235. The second-order valence-electron chi connectivity index (χ2n) is 16.2. The molecule has 9 rings (SSSR count). The van der Waals surface area contributed by atoms with E-state index in [0.29, 0.717) is 43.0 Å². The number of hydrogen-bond donors (Lipinski definition) is 1. The van der Waals surface area contributed by atoms with Crippen LogP contribution in [-0.4, -0.2) is 121 Å². The fraction of sp³-hybridized carbons (Fsp3) is 0.477. The minimum atomic E-state index is -0.605. The summed E-state index contributed by atoms with van der Waals surface area (Å²) in [6.45, 7) is 11.3. The normalized spacial score (nSPS) is 20.7. The first kappa shape index (κ1) is 38.1. The summed E-state index contributed by atoms with van der Waals surface area (Å²) in [6, 6.07) is 12.2. The Morgan fingerprint density at radius 2 is 1.55 bits per heavy atom. The number of fused-ring (bicyclic) bond motifs is 2. The number of hydrogen-bond acceptors (Lipinski definition) is 11. The van der Waals surface area contributed by atoms with Gasteiger partial charge in [0.2, 0.25) is 11.8 Å². The van der Waals surface area contributed by atoms with E-state index in [4.69, 9.17) is 9.47 Å². The maximum atomic E-state index is 13.4. The number of nitrogens with one attached hydrogen (secondary N) is 1. The second kappa shape index (κ2) is 15.7. The van der Waals surface area contributed by atoms with Gasteiger partial charge in [-0.05, 0) is 93.2 Å². The van der Waals surface area contributed by atoms with Crippen LogP contribution in [0.4, 0.5) is 11.5 Å². The van der Waals surface area contributed by atoms with Crippen LogP contribution in [0.3, 0.4) is 0 Å². The molecule has 2 aromatic heterocycles. The smallest absolute Gasteiger partial charge is 0.260 e. The molecule has 2 aromatic carbocycles. The number of ether oxygens (including phenoxy) is 2. The maximum Gasteiger partial charge on any atom is 0.260 e. The van der Waals surface area contributed by atoms with Crippen LogP contribution in [0.5, 0.6) is 11.5 Å². The van der Waals surface area contributed by atoms with Crippen LogP contribution in [0.25, 0.3) is 21.9 Å². The first-order chi connectivity index (χ1) is 28.2. The highest BCUT2D eigenvalue weighted by molar-refractivity contribution is 6.05. The van der Waals surface area contributed by atoms with Gasteiger partial charge in [0.15, 0.2) is 0 Å². The van der Waals surface area contributed by atoms with E-state index in [-0.39, 0.29) is 29.7 Å². The van der Waals surface area contributed by atoms with Crippen molar-refractivity contribution in [2.24, 2.45) is 0 Å². The van der Waals surface area contributed by atoms with Crippen molar-refractivity contribution in [1.82, 2.24) is 29.6 Å². The van der Waals surface area contributed by atoms with E-state index in [1.54, 1.807) is 29.9 Å². The number of aromatic nitrogens is 2. The highest BCUT2D eigenvalue weighted by atomic mass is 16.5. The summed E-state index contributed by atoms with van der Waals surface area (Å²) in [5.41, 5.74) is 5.56. The van der Waals surface area contributed by atoms with Crippen molar-refractivity contribution in [3.63, 3.8) is 0 Å². The van der Waals surface area contributed by atoms with E-state index in [2.05, 4.69) is 54.2 Å². The van der Waals surface area contributed by atoms with Gasteiger partial charge in [0.05, 0.1) is 25.2 Å². The molecule has 0 radical (unpaired) electrons. The lowest BCUT2D eigenvalue weighted by Crippen LogP contribution is -2.53. The number of anilines is 2. The zero-order valence-corrected chi connectivity index (χ0v) is 33.7. The minimum absolute atomic E-state index is 0.0378. The number of likely N-dealkylation sites (tertiary alicyclic amines) is 1. The lowest BCUT2D eigenvalue weighted by Gasteiger charge is -2.43. The van der Waals surface area contributed by atoms with Crippen molar-refractivity contribution in [3.8, 4) is 22.6 Å². The molecule has 14 heteroatoms. The van der Waals surface area contributed by atoms with Crippen LogP contribution in [0.2, 0.25) is 0 Å². The number of carbonyl (C=O) groups excluding carboxylic acids is 3. The predicted molar refractivity (Wildman–Crippen MR) is 222 cm³/mol. The Hall–Kier alpha value is -5.47. The van der Waals surface area contributed by atoms with Crippen LogP contribution in [0.15, 0.2) is 53.6 Å². The third-order valence-corrected chi connectivity index (χ3v) is 13.0. The van der Waals surface area contributed by atoms with Crippen LogP contribution in [0.1, 0.15) is 60.5 Å². The second-order valence-corrected chi connectivity index (χ2v) is 16.2. The summed E-state index contributed by atoms with van der Waals surface area (Å²) in [5.74, 6) is 1.64. The van der Waals surface area contributed by atoms with Crippen molar-refractivity contribution in [1.29, 1.82) is 0 Å². The van der Waals surface area contributed by atoms with Crippen molar-refractivity contribution < 1.29 is 23.9 Å². The van der Waals surface area contributed by atoms with Gasteiger partial charge in [-0.2, -0.15) is 0 Å². The van der Waals surface area contributed by atoms with Gasteiger partial charge in [-0.25, -0.2) is 4.98 Å². The Labute approximate surface area is 338 Å². The fourth-order valence-electron chi connectivity index (χ4n) is 9.52. The van der Waals surface area contributed by atoms with Crippen molar-refractivity contribution in [2.75, 3.05) is 76.4 Å². The number of benzene rings is 2. The van der Waals surface area contributed by atoms with Gasteiger partial charge in [0.1, 0.15) is 23.4 Å². The van der Waals surface area contributed by atoms with E-state index in [0.717, 1.165) is 122 Å². The Bertz CT molecular complexity index is 2300. The third kappa shape index (κ3) is 6.95. The zero-order valence-electron chi connectivity index (χ0n) is 33.7. The molecule has 5 aliphatic rings. The van der Waals surface area contributed by atoms with Crippen LogP contribution < -0.4 is 30.1 Å². The standard InChI is InChI=1S/C44H52N8O6/c1-4-48-27-35(33-23-40(51-12-5-13-51)45-24-34(33)43(48)55)28-21-38(57-2)36(39(22-28)58-3)26-47-14-10-30(11-15-47)49-16-18-50(19-17-49)31-6-7-32-29(20-31)25-52(44(32)56)37-8-9-41(53)46-42(37)54/h6-7,20-24,27,30,37H,4-5,8-19,25-26H2,1-3H3,(H,46,53,54). The summed E-state index contributed by atoms with van der Waals surface area (Å²) in [7, 11) is 3.42. The largest absolute Gasteiger partial charge is 0.496 e. The first-order valence-electron chi connectivity index (χ1n) is 20.7. The number of aryl methyl sites for hydroxylation is 1. The van der Waals surface area contributed by atoms with Gasteiger partial charge in [0.25, 0.3) is 11.5 Å². The number of amides is 3. The molecule has 1 atom stereocenters. The van der Waals surface area contributed by atoms with Gasteiger partial charge < -0.3 is 28.7 Å². The number of methoxy groups -OCH3 is 2. The molecule has 14 nitrogen and oxygen atoms in total. The minimum Gasteiger partial charge on any atom is -0.496 e. The van der Waals surface area contributed by atoms with Gasteiger partial charge in [-0.1, -0.05) is 0 Å². The molecule has 0 spiro atoms. The van der Waals surface area contributed by atoms with Crippen molar-refractivity contribution >= 4 is 40.0 Å². The molecular weight excluding hydrogens is 737 g/mol. The molecule has 0 aliphatic carbocycles. The van der Waals surface area contributed by atoms with E-state index in [1.165, 1.54) is 0 Å². The Morgan fingerprint density at radius 1 is 0.810 bits per heavy atom. The molecule has 7 heterocycles. The zero-order chi connectivity index (χ0) is 40.1. The molecule has 5 aliphatic heterocycles. The number of piperidine rings is 2. The SMILES string of the molecule is CCn1cc(-c2cc(OC)c(CN3CCC(N4CCN(c5ccc6c(c5)CN(C5CCC(=O)NC5=O)C6=O)CC4)CC3)c(OC)c2)c2cc(N3CCC3)ncc2c1=O. The molecule has 4 fully saturated rings. The predicted octanol–water partition coefficient (Wildman–Crippen LogP) is 3.86. The third-order valence-electron chi connectivity index (χ3n) is 13.0. The number of piperazine rings is 1. The Balaban J connectivity index is 0.839. The topological polar surface area (TPSA) is 133 Å². The van der Waals surface area contributed by atoms with E-state index < -0.39 is 6.04 Å². The van der Waals surface area contributed by atoms with E-state index >= 15 is 0 Å². The number of carbonyl (C=O) groups is 3. The highest BCUT2D eigenvalue weighted by Gasteiger charge is 2.39. The monoisotopic (exact) mass is 788 g/mol. The Morgan fingerprint density at radius 3 is 2.21 bits per heavy atom. The van der Waals surface area contributed by atoms with Gasteiger partial charge in [-0.15, -0.1) is 0 Å². The maximum absolute atomic E-state index is 13.4. The molecule has 304 valence electrons. The van der Waals surface area contributed by atoms with Gasteiger partial charge in [0, 0.05) is 106 Å². The van der Waals surface area contributed by atoms with E-state index in [9.17, 15) is 19.2 Å². The summed E-state index contributed by atoms with van der Waals surface area (Å²) >= 11 is 0. The van der Waals surface area contributed by atoms with Gasteiger partial charge in [-0.3, -0.25) is 34.3 Å². The van der Waals surface area contributed by atoms with Crippen LogP contribution in [0, 0.1) is 0 Å². The molecule has 4 aromatic rings. The summed E-state index contributed by atoms with van der Waals surface area (Å²) in [6.07, 6.45) is 7.61. The molecule has 0 saturated carbocycles. The highest BCUT2D eigenvalue weighted by Crippen LogP contribution is 2.39. The molecule has 1 unspecified atom stereocenters. The van der Waals surface area contributed by atoms with Gasteiger partial charge >= 0.3 is 0 Å². The van der Waals surface area contributed by atoms with Crippen molar-refractivity contribution in [2.45, 2.75) is 70.7 Å². The summed E-state index contributed by atoms with van der Waals surface area (Å²) in [5, 5.41) is 3.87. The number of imide groups is 1. The molecule has 3 amide bonds. The molecular formula is C44H52N8O6. The summed E-state index contributed by atoms with van der Waals surface area (Å²) in [4.78, 5) is 66.8. The van der Waals surface area contributed by atoms with Crippen molar-refractivity contribution in [3.05, 3.63) is 75.8 Å².